The molecule has 192 valence electrons. The molecule has 2 aliphatic heterocycles. The van der Waals surface area contributed by atoms with Gasteiger partial charge in [0.25, 0.3) is 12.1 Å². The Morgan fingerprint density at radius 2 is 1.68 bits per heavy atom. The summed E-state index contributed by atoms with van der Waals surface area (Å²) in [5.74, 6) is -0.749. The quantitative estimate of drug-likeness (QED) is 0.118. The van der Waals surface area contributed by atoms with Crippen LogP contribution in [0.2, 0.25) is 0 Å². The Kier molecular flexibility index (Phi) is 8.59. The second-order valence-electron chi connectivity index (χ2n) is 7.49. The van der Waals surface area contributed by atoms with Crippen molar-refractivity contribution in [1.82, 2.24) is 0 Å². The number of hydrogen-bond acceptors (Lipinski definition) is 12. The van der Waals surface area contributed by atoms with Crippen molar-refractivity contribution in [3.05, 3.63) is 30.1 Å². The van der Waals surface area contributed by atoms with E-state index < -0.39 is 77.6 Å². The van der Waals surface area contributed by atoms with Crippen LogP contribution < -0.4 is 10.3 Å². The van der Waals surface area contributed by atoms with E-state index in [0.717, 1.165) is 0 Å². The first-order valence-corrected chi connectivity index (χ1v) is 12.7. The summed E-state index contributed by atoms with van der Waals surface area (Å²) in [4.78, 5) is 30.7. The normalized spacial score (nSPS) is 35.1. The maximum atomic E-state index is 12.1. The Morgan fingerprint density at radius 3 is 2.24 bits per heavy atom. The summed E-state index contributed by atoms with van der Waals surface area (Å²) < 4.78 is 48.9. The van der Waals surface area contributed by atoms with Gasteiger partial charge in [-0.2, -0.15) is 8.88 Å². The van der Waals surface area contributed by atoms with Crippen LogP contribution in [-0.2, 0) is 32.0 Å². The molecular weight excluding hydrogens is 506 g/mol. The number of phosphoric ester groups is 2. The predicted octanol–water partition coefficient (Wildman–Crippen LogP) is -2.94. The van der Waals surface area contributed by atoms with Gasteiger partial charge in [0.05, 0.1) is 19.8 Å². The summed E-state index contributed by atoms with van der Waals surface area (Å²) in [7, 11) is -10.4. The lowest BCUT2D eigenvalue weighted by atomic mass is 10.1. The molecule has 2 fully saturated rings. The van der Waals surface area contributed by atoms with E-state index in [1.165, 1.54) is 29.1 Å². The average molecular weight is 531 g/mol. The molecule has 1 aromatic rings. The number of pyridine rings is 1. The second kappa shape index (κ2) is 10.7. The van der Waals surface area contributed by atoms with Crippen LogP contribution in [-0.4, -0.2) is 92.6 Å². The Hall–Kier alpha value is -1.36. The van der Waals surface area contributed by atoms with Gasteiger partial charge in [-0.25, -0.2) is 9.13 Å². The molecule has 34 heavy (non-hydrogen) atoms. The fraction of sp³-hybridized carbons (Fsp3) is 0.625. The van der Waals surface area contributed by atoms with Crippen molar-refractivity contribution in [3.8, 4) is 0 Å². The Bertz CT molecular complexity index is 981. The molecule has 9 atom stereocenters. The van der Waals surface area contributed by atoms with Crippen LogP contribution >= 0.6 is 15.6 Å². The number of ether oxygens (including phenoxy) is 2. The van der Waals surface area contributed by atoms with Crippen LogP contribution in [0, 0.1) is 0 Å². The monoisotopic (exact) mass is 531 g/mol. The van der Waals surface area contributed by atoms with Crippen molar-refractivity contribution in [2.45, 2.75) is 42.9 Å². The number of aliphatic hydroxyl groups is 4. The van der Waals surface area contributed by atoms with E-state index >= 15 is 0 Å². The average Bonchev–Trinajstić information content (AvgIpc) is 3.23. The minimum absolute atomic E-state index is 0.0875. The number of carbonyl (C=O) groups is 1. The Balaban J connectivity index is 1.55. The Labute approximate surface area is 192 Å². The van der Waals surface area contributed by atoms with Gasteiger partial charge in [-0.05, 0) is 6.07 Å². The zero-order valence-corrected chi connectivity index (χ0v) is 19.1. The molecule has 3 rings (SSSR count). The van der Waals surface area contributed by atoms with E-state index in [9.17, 15) is 44.1 Å². The number of aliphatic hydroxyl groups excluding tert-OH is 4. The first kappa shape index (κ1) is 27.2. The third kappa shape index (κ3) is 6.65. The largest absolute Gasteiger partial charge is 0.481 e. The maximum Gasteiger partial charge on any atom is 0.481 e. The van der Waals surface area contributed by atoms with Crippen LogP contribution in [0.25, 0.3) is 0 Å². The van der Waals surface area contributed by atoms with Gasteiger partial charge >= 0.3 is 15.6 Å². The van der Waals surface area contributed by atoms with Crippen LogP contribution in [0.4, 0.5) is 0 Å². The van der Waals surface area contributed by atoms with Crippen LogP contribution in [0.15, 0.2) is 24.5 Å². The lowest BCUT2D eigenvalue weighted by molar-refractivity contribution is -0.765. The number of carbonyl (C=O) groups excluding carboxylic acids is 1. The predicted molar refractivity (Wildman–Crippen MR) is 105 cm³/mol. The fourth-order valence-electron chi connectivity index (χ4n) is 3.24. The minimum Gasteiger partial charge on any atom is -0.388 e. The third-order valence-electron chi connectivity index (χ3n) is 5.00. The van der Waals surface area contributed by atoms with Crippen LogP contribution in [0.3, 0.4) is 0 Å². The van der Waals surface area contributed by atoms with Gasteiger partial charge in [-0.3, -0.25) is 13.8 Å². The lowest BCUT2D eigenvalue weighted by Gasteiger charge is -2.20. The van der Waals surface area contributed by atoms with Crippen molar-refractivity contribution >= 4 is 21.6 Å². The smallest absolute Gasteiger partial charge is 0.388 e. The molecule has 1 aromatic heterocycles. The summed E-state index contributed by atoms with van der Waals surface area (Å²) in [6, 6.07) is 2.85. The van der Waals surface area contributed by atoms with Gasteiger partial charge in [0, 0.05) is 6.07 Å². The van der Waals surface area contributed by atoms with Crippen molar-refractivity contribution in [3.63, 3.8) is 0 Å². The first-order valence-electron chi connectivity index (χ1n) is 9.75. The van der Waals surface area contributed by atoms with Gasteiger partial charge in [0.2, 0.25) is 0 Å². The van der Waals surface area contributed by atoms with Crippen molar-refractivity contribution in [2.75, 3.05) is 19.8 Å². The summed E-state index contributed by atoms with van der Waals surface area (Å²) >= 11 is 0. The summed E-state index contributed by atoms with van der Waals surface area (Å²) in [5.41, 5.74) is 5.29. The van der Waals surface area contributed by atoms with Crippen LogP contribution in [0.1, 0.15) is 16.6 Å². The zero-order chi connectivity index (χ0) is 25.3. The molecule has 0 spiro atoms. The number of nitrogens with two attached hydrogens (primary N) is 1. The molecule has 0 bridgehead atoms. The number of phosphoric acid groups is 2. The number of aromatic nitrogens is 1. The molecule has 0 aliphatic carbocycles. The first-order chi connectivity index (χ1) is 15.8. The molecule has 2 unspecified atom stereocenters. The molecule has 3 heterocycles. The second-order valence-corrected chi connectivity index (χ2v) is 10.5. The molecule has 0 saturated carbocycles. The van der Waals surface area contributed by atoms with Crippen molar-refractivity contribution < 1.29 is 71.5 Å². The van der Waals surface area contributed by atoms with E-state index in [4.69, 9.17) is 15.2 Å². The number of primary amides is 1. The molecule has 1 amide bonds. The summed E-state index contributed by atoms with van der Waals surface area (Å²) in [6.45, 7) is -1.84. The minimum atomic E-state index is -5.25. The highest BCUT2D eigenvalue weighted by Crippen LogP contribution is 2.60. The van der Waals surface area contributed by atoms with Crippen LogP contribution in [0.5, 0.6) is 0 Å². The zero-order valence-electron chi connectivity index (χ0n) is 17.3. The third-order valence-corrected chi connectivity index (χ3v) is 7.61. The highest BCUT2D eigenvalue weighted by Gasteiger charge is 2.49. The van der Waals surface area contributed by atoms with Crippen molar-refractivity contribution in [1.29, 1.82) is 0 Å². The highest BCUT2D eigenvalue weighted by atomic mass is 31.3. The van der Waals surface area contributed by atoms with Gasteiger partial charge in [0.15, 0.2) is 18.5 Å². The van der Waals surface area contributed by atoms with E-state index in [2.05, 4.69) is 13.4 Å². The maximum absolute atomic E-state index is 12.1. The molecule has 2 saturated heterocycles. The van der Waals surface area contributed by atoms with Gasteiger partial charge in [0.1, 0.15) is 36.1 Å². The van der Waals surface area contributed by atoms with E-state index in [-0.39, 0.29) is 12.2 Å². The molecule has 8 N–H and O–H groups in total. The highest BCUT2D eigenvalue weighted by molar-refractivity contribution is 7.61. The Morgan fingerprint density at radius 1 is 1.06 bits per heavy atom. The standard InChI is InChI=1S/C16H24N2O14P2/c17-15(23)8-2-1-3-18(4-8)16-14(22)13(21)11(31-16)7-30-34(26,27)32-33(24,25)29-6-10-12(20)9(19)5-28-10/h1-4,9-14,16,19-22H,5-7H2,(H3-,17,23,24,25,26,27)/p+1/t9-,10+,11+,12-,13+,14+,16-/m0/s1. The number of nitrogens with zero attached hydrogens (tertiary/aromatic N) is 1. The molecule has 2 aliphatic rings. The van der Waals surface area contributed by atoms with E-state index in [0.29, 0.717) is 0 Å². The molecule has 0 aromatic carbocycles. The van der Waals surface area contributed by atoms with E-state index in [1.54, 1.807) is 0 Å². The van der Waals surface area contributed by atoms with E-state index in [1.807, 2.05) is 0 Å². The number of hydrogen-bond donors (Lipinski definition) is 7. The topological polar surface area (TPSA) is 249 Å². The number of amides is 1. The van der Waals surface area contributed by atoms with Gasteiger partial charge in [-0.1, -0.05) is 0 Å². The molecule has 18 heteroatoms. The summed E-state index contributed by atoms with van der Waals surface area (Å²) in [5, 5.41) is 39.4. The number of rotatable bonds is 10. The van der Waals surface area contributed by atoms with Crippen molar-refractivity contribution in [2.24, 2.45) is 5.73 Å². The molecule has 16 nitrogen and oxygen atoms in total. The summed E-state index contributed by atoms with van der Waals surface area (Å²) in [6.07, 6.45) is -6.88. The SMILES string of the molecule is NC(=O)c1ccc[n+]([C@H]2O[C@H](COP(=O)(O)OP(=O)(O)OC[C@H]3OC[C@H](O)[C@@H]3O)[C@@H](O)[C@H]2O)c1. The van der Waals surface area contributed by atoms with Gasteiger partial charge < -0.3 is 45.4 Å². The molecular formula is C16H25N2O14P2+. The van der Waals surface area contributed by atoms with Gasteiger partial charge in [-0.15, -0.1) is 0 Å². The molecule has 0 radical (unpaired) electrons. The fourth-order valence-corrected chi connectivity index (χ4v) is 5.33. The lowest BCUT2D eigenvalue weighted by Crippen LogP contribution is -2.46.